The van der Waals surface area contributed by atoms with Crippen LogP contribution >= 0.6 is 15.9 Å². The van der Waals surface area contributed by atoms with Crippen molar-refractivity contribution in [1.82, 2.24) is 4.98 Å². The Morgan fingerprint density at radius 3 is 2.65 bits per heavy atom. The van der Waals surface area contributed by atoms with Gasteiger partial charge in [-0.1, -0.05) is 15.9 Å². The summed E-state index contributed by atoms with van der Waals surface area (Å²) >= 11 is 3.01. The fraction of sp³-hybridized carbons (Fsp3) is 0.0769. The number of hydrogen-bond donors (Lipinski definition) is 1. The van der Waals surface area contributed by atoms with Gasteiger partial charge in [0.1, 0.15) is 11.3 Å². The quantitative estimate of drug-likeness (QED) is 0.858. The van der Waals surface area contributed by atoms with Crippen molar-refractivity contribution in [3.8, 4) is 11.5 Å². The molecule has 2 aromatic rings. The molecule has 2 rings (SSSR count). The standard InChI is InChI=1S/C13H8BrF2NO3/c1-6-2-10(8(5-17-6)13(18)19)20-11-4-7(14)3-9(15)12(11)16/h2-5H,1H3,(H,18,19). The Morgan fingerprint density at radius 1 is 1.30 bits per heavy atom. The first-order valence-electron chi connectivity index (χ1n) is 5.41. The van der Waals surface area contributed by atoms with Gasteiger partial charge in [0.15, 0.2) is 11.6 Å². The average Bonchev–Trinajstić information content (AvgIpc) is 2.35. The average molecular weight is 344 g/mol. The highest BCUT2D eigenvalue weighted by atomic mass is 79.9. The summed E-state index contributed by atoms with van der Waals surface area (Å²) < 4.78 is 32.3. The Kier molecular flexibility index (Phi) is 3.99. The lowest BCUT2D eigenvalue weighted by atomic mass is 10.2. The van der Waals surface area contributed by atoms with E-state index in [1.165, 1.54) is 12.1 Å². The minimum absolute atomic E-state index is 0.110. The smallest absolute Gasteiger partial charge is 0.341 e. The summed E-state index contributed by atoms with van der Waals surface area (Å²) in [5.74, 6) is -4.09. The number of rotatable bonds is 3. The highest BCUT2D eigenvalue weighted by Gasteiger charge is 2.17. The second-order valence-electron chi connectivity index (χ2n) is 3.93. The van der Waals surface area contributed by atoms with Gasteiger partial charge in [0, 0.05) is 22.4 Å². The Balaban J connectivity index is 2.50. The molecule has 0 aliphatic heterocycles. The van der Waals surface area contributed by atoms with Crippen LogP contribution in [-0.4, -0.2) is 16.1 Å². The van der Waals surface area contributed by atoms with Crippen molar-refractivity contribution in [2.45, 2.75) is 6.92 Å². The Hall–Kier alpha value is -2.02. The van der Waals surface area contributed by atoms with Crippen molar-refractivity contribution < 1.29 is 23.4 Å². The van der Waals surface area contributed by atoms with Crippen LogP contribution < -0.4 is 4.74 Å². The summed E-state index contributed by atoms with van der Waals surface area (Å²) in [6.07, 6.45) is 1.10. The van der Waals surface area contributed by atoms with E-state index < -0.39 is 23.4 Å². The van der Waals surface area contributed by atoms with Crippen molar-refractivity contribution >= 4 is 21.9 Å². The van der Waals surface area contributed by atoms with E-state index in [1.54, 1.807) is 6.92 Å². The maximum Gasteiger partial charge on any atom is 0.341 e. The molecule has 104 valence electrons. The summed E-state index contributed by atoms with van der Waals surface area (Å²) in [7, 11) is 0. The number of aromatic carboxylic acids is 1. The van der Waals surface area contributed by atoms with Crippen LogP contribution in [0.5, 0.6) is 11.5 Å². The number of aromatic nitrogens is 1. The van der Waals surface area contributed by atoms with Crippen molar-refractivity contribution in [1.29, 1.82) is 0 Å². The van der Waals surface area contributed by atoms with Crippen LogP contribution in [0.4, 0.5) is 8.78 Å². The third-order valence-corrected chi connectivity index (χ3v) is 2.87. The third kappa shape index (κ3) is 2.93. The molecule has 0 unspecified atom stereocenters. The molecule has 0 radical (unpaired) electrons. The van der Waals surface area contributed by atoms with Gasteiger partial charge in [-0.2, -0.15) is 4.39 Å². The number of halogens is 3. The summed E-state index contributed by atoms with van der Waals surface area (Å²) in [4.78, 5) is 14.9. The molecule has 0 spiro atoms. The largest absolute Gasteiger partial charge is 0.477 e. The zero-order valence-corrected chi connectivity index (χ0v) is 11.7. The van der Waals surface area contributed by atoms with Gasteiger partial charge in [-0.15, -0.1) is 0 Å². The molecule has 0 aliphatic carbocycles. The molecular formula is C13H8BrF2NO3. The molecule has 4 nitrogen and oxygen atoms in total. The molecule has 0 atom stereocenters. The van der Waals surface area contributed by atoms with Crippen LogP contribution in [0.25, 0.3) is 0 Å². The molecule has 20 heavy (non-hydrogen) atoms. The van der Waals surface area contributed by atoms with Crippen molar-refractivity contribution in [3.63, 3.8) is 0 Å². The number of aryl methyl sites for hydroxylation is 1. The highest BCUT2D eigenvalue weighted by molar-refractivity contribution is 9.10. The lowest BCUT2D eigenvalue weighted by Gasteiger charge is -2.10. The molecule has 0 bridgehead atoms. The molecule has 1 aromatic carbocycles. The number of carbonyl (C=O) groups is 1. The number of carboxylic acid groups (broad SMARTS) is 1. The molecule has 0 aliphatic rings. The maximum atomic E-state index is 13.6. The first-order chi connectivity index (χ1) is 9.38. The topological polar surface area (TPSA) is 59.4 Å². The van der Waals surface area contributed by atoms with Gasteiger partial charge >= 0.3 is 5.97 Å². The molecule has 1 aromatic heterocycles. The van der Waals surface area contributed by atoms with Gasteiger partial charge < -0.3 is 9.84 Å². The summed E-state index contributed by atoms with van der Waals surface area (Å²) in [5.41, 5.74) is 0.247. The van der Waals surface area contributed by atoms with E-state index in [9.17, 15) is 13.6 Å². The molecule has 0 saturated heterocycles. The highest BCUT2D eigenvalue weighted by Crippen LogP contribution is 2.31. The van der Waals surface area contributed by atoms with Crippen molar-refractivity contribution in [2.24, 2.45) is 0 Å². The Morgan fingerprint density at radius 2 is 2.00 bits per heavy atom. The number of nitrogens with zero attached hydrogens (tertiary/aromatic N) is 1. The van der Waals surface area contributed by atoms with Crippen LogP contribution in [0.1, 0.15) is 16.1 Å². The van der Waals surface area contributed by atoms with Crippen LogP contribution in [0, 0.1) is 18.6 Å². The second-order valence-corrected chi connectivity index (χ2v) is 4.84. The Labute approximate surface area is 121 Å². The number of ether oxygens (including phenoxy) is 1. The monoisotopic (exact) mass is 343 g/mol. The molecule has 0 saturated carbocycles. The van der Waals surface area contributed by atoms with Gasteiger partial charge in [0.2, 0.25) is 5.82 Å². The molecule has 7 heteroatoms. The second kappa shape index (κ2) is 5.54. The van der Waals surface area contributed by atoms with Gasteiger partial charge in [0.05, 0.1) is 0 Å². The van der Waals surface area contributed by atoms with Crippen molar-refractivity contribution in [3.05, 3.63) is 51.8 Å². The normalized spacial score (nSPS) is 10.4. The fourth-order valence-corrected chi connectivity index (χ4v) is 1.91. The number of benzene rings is 1. The zero-order valence-electron chi connectivity index (χ0n) is 10.2. The van der Waals surface area contributed by atoms with Gasteiger partial charge in [-0.25, -0.2) is 9.18 Å². The van der Waals surface area contributed by atoms with E-state index in [2.05, 4.69) is 20.9 Å². The molecular weight excluding hydrogens is 336 g/mol. The summed E-state index contributed by atoms with van der Waals surface area (Å²) in [6, 6.07) is 3.49. The van der Waals surface area contributed by atoms with Crippen LogP contribution in [0.3, 0.4) is 0 Å². The van der Waals surface area contributed by atoms with Gasteiger partial charge in [-0.05, 0) is 19.1 Å². The first-order valence-corrected chi connectivity index (χ1v) is 6.20. The van der Waals surface area contributed by atoms with E-state index in [0.29, 0.717) is 5.69 Å². The van der Waals surface area contributed by atoms with Crippen molar-refractivity contribution in [2.75, 3.05) is 0 Å². The van der Waals surface area contributed by atoms with Crippen LogP contribution in [0.2, 0.25) is 0 Å². The van der Waals surface area contributed by atoms with E-state index in [0.717, 1.165) is 12.3 Å². The summed E-state index contributed by atoms with van der Waals surface area (Å²) in [6.45, 7) is 1.62. The van der Waals surface area contributed by atoms with Crippen LogP contribution in [0.15, 0.2) is 28.9 Å². The maximum absolute atomic E-state index is 13.6. The van der Waals surface area contributed by atoms with Crippen LogP contribution in [-0.2, 0) is 0 Å². The predicted octanol–water partition coefficient (Wildman–Crippen LogP) is 3.92. The zero-order chi connectivity index (χ0) is 14.9. The summed E-state index contributed by atoms with van der Waals surface area (Å²) in [5, 5.41) is 9.02. The minimum Gasteiger partial charge on any atom is -0.477 e. The minimum atomic E-state index is -1.27. The van der Waals surface area contributed by atoms with E-state index in [-0.39, 0.29) is 15.8 Å². The molecule has 1 N–H and O–H groups in total. The lowest BCUT2D eigenvalue weighted by Crippen LogP contribution is -2.03. The van der Waals surface area contributed by atoms with Gasteiger partial charge in [0.25, 0.3) is 0 Å². The fourth-order valence-electron chi connectivity index (χ4n) is 1.50. The number of hydrogen-bond acceptors (Lipinski definition) is 3. The lowest BCUT2D eigenvalue weighted by molar-refractivity contribution is 0.0693. The van der Waals surface area contributed by atoms with Gasteiger partial charge in [-0.3, -0.25) is 4.98 Å². The first kappa shape index (κ1) is 14.4. The number of carboxylic acids is 1. The molecule has 0 fully saturated rings. The number of pyridine rings is 1. The van der Waals surface area contributed by atoms with E-state index in [1.807, 2.05) is 0 Å². The Bertz CT molecular complexity index is 692. The van der Waals surface area contributed by atoms with E-state index in [4.69, 9.17) is 9.84 Å². The molecule has 0 amide bonds. The SMILES string of the molecule is Cc1cc(Oc2cc(Br)cc(F)c2F)c(C(=O)O)cn1. The predicted molar refractivity (Wildman–Crippen MR) is 70.1 cm³/mol. The van der Waals surface area contributed by atoms with E-state index >= 15 is 0 Å². The third-order valence-electron chi connectivity index (χ3n) is 2.41. The molecule has 1 heterocycles.